The number of hydrogen-bond donors (Lipinski definition) is 2. The molecule has 0 atom stereocenters. The number of nitrogens with zero attached hydrogens (tertiary/aromatic N) is 1. The molecule has 4 heteroatoms. The summed E-state index contributed by atoms with van der Waals surface area (Å²) < 4.78 is 2.08. The summed E-state index contributed by atoms with van der Waals surface area (Å²) in [6.45, 7) is 1.15. The van der Waals surface area contributed by atoms with E-state index in [2.05, 4.69) is 4.57 Å². The Morgan fingerprint density at radius 3 is 2.61 bits per heavy atom. The van der Waals surface area contributed by atoms with E-state index in [0.29, 0.717) is 5.56 Å². The molecular formula is C14H17NO3. The molecule has 2 rings (SSSR count). The van der Waals surface area contributed by atoms with Crippen molar-refractivity contribution in [1.29, 1.82) is 0 Å². The zero-order chi connectivity index (χ0) is 13.0. The number of aryl methyl sites for hydroxylation is 1. The zero-order valence-corrected chi connectivity index (χ0v) is 10.2. The number of aromatic carboxylic acids is 1. The Kier molecular flexibility index (Phi) is 3.99. The maximum absolute atomic E-state index is 10.9. The van der Waals surface area contributed by atoms with Crippen molar-refractivity contribution in [3.05, 3.63) is 36.2 Å². The van der Waals surface area contributed by atoms with Crippen LogP contribution >= 0.6 is 0 Å². The Morgan fingerprint density at radius 1 is 1.11 bits per heavy atom. The second-order valence-corrected chi connectivity index (χ2v) is 4.43. The van der Waals surface area contributed by atoms with Gasteiger partial charge < -0.3 is 14.8 Å². The highest BCUT2D eigenvalue weighted by Gasteiger charge is 2.05. The standard InChI is InChI=1S/C14H17NO3/c16-7-3-1-2-6-15-9-12-5-4-11(14(17)18)8-13(12)10-15/h4-5,8-10,16H,1-3,6-7H2,(H,17,18). The second-order valence-electron chi connectivity index (χ2n) is 4.43. The van der Waals surface area contributed by atoms with Gasteiger partial charge in [-0.2, -0.15) is 0 Å². The summed E-state index contributed by atoms with van der Waals surface area (Å²) in [6.07, 6.45) is 6.86. The van der Waals surface area contributed by atoms with Crippen LogP contribution in [0.2, 0.25) is 0 Å². The molecule has 0 aliphatic carbocycles. The van der Waals surface area contributed by atoms with Gasteiger partial charge in [-0.15, -0.1) is 0 Å². The number of aromatic nitrogens is 1. The van der Waals surface area contributed by atoms with E-state index < -0.39 is 5.97 Å². The van der Waals surface area contributed by atoms with Crippen LogP contribution in [-0.2, 0) is 6.54 Å². The maximum atomic E-state index is 10.9. The number of fused-ring (bicyclic) bond motifs is 1. The second kappa shape index (κ2) is 5.69. The quantitative estimate of drug-likeness (QED) is 0.771. The fourth-order valence-corrected chi connectivity index (χ4v) is 2.04. The van der Waals surface area contributed by atoms with Gasteiger partial charge in [0.1, 0.15) is 0 Å². The van der Waals surface area contributed by atoms with Gasteiger partial charge in [-0.05, 0) is 36.8 Å². The smallest absolute Gasteiger partial charge is 0.335 e. The summed E-state index contributed by atoms with van der Waals surface area (Å²) in [7, 11) is 0. The average Bonchev–Trinajstić information content (AvgIpc) is 2.76. The summed E-state index contributed by atoms with van der Waals surface area (Å²) >= 11 is 0. The molecule has 0 bridgehead atoms. The van der Waals surface area contributed by atoms with Gasteiger partial charge in [-0.25, -0.2) is 4.79 Å². The number of rotatable bonds is 6. The number of carboxylic acid groups (broad SMARTS) is 1. The Morgan fingerprint density at radius 2 is 1.89 bits per heavy atom. The Hall–Kier alpha value is -1.81. The van der Waals surface area contributed by atoms with E-state index in [1.165, 1.54) is 0 Å². The van der Waals surface area contributed by atoms with Crippen molar-refractivity contribution in [1.82, 2.24) is 4.57 Å². The number of hydrogen-bond acceptors (Lipinski definition) is 2. The minimum absolute atomic E-state index is 0.246. The minimum atomic E-state index is -0.896. The molecule has 1 aromatic heterocycles. The first-order valence-electron chi connectivity index (χ1n) is 6.14. The molecule has 0 fully saturated rings. The topological polar surface area (TPSA) is 62.5 Å². The average molecular weight is 247 g/mol. The van der Waals surface area contributed by atoms with E-state index in [-0.39, 0.29) is 6.61 Å². The number of aliphatic hydroxyl groups is 1. The third-order valence-corrected chi connectivity index (χ3v) is 3.02. The lowest BCUT2D eigenvalue weighted by atomic mass is 10.1. The van der Waals surface area contributed by atoms with Gasteiger partial charge in [-0.1, -0.05) is 6.07 Å². The lowest BCUT2D eigenvalue weighted by Gasteiger charge is -2.00. The number of unbranched alkanes of at least 4 members (excludes halogenated alkanes) is 2. The molecule has 0 saturated carbocycles. The summed E-state index contributed by atoms with van der Waals surface area (Å²) in [6, 6.07) is 5.16. The van der Waals surface area contributed by atoms with Crippen LogP contribution in [0.3, 0.4) is 0 Å². The predicted octanol–water partition coefficient (Wildman–Crippen LogP) is 2.50. The van der Waals surface area contributed by atoms with Crippen molar-refractivity contribution in [2.24, 2.45) is 0 Å². The molecule has 0 spiro atoms. The predicted molar refractivity (Wildman–Crippen MR) is 69.8 cm³/mol. The van der Waals surface area contributed by atoms with E-state index in [9.17, 15) is 4.79 Å². The normalized spacial score (nSPS) is 10.9. The summed E-state index contributed by atoms with van der Waals surface area (Å²) in [5.74, 6) is -0.896. The first-order chi connectivity index (χ1) is 8.70. The van der Waals surface area contributed by atoms with Crippen molar-refractivity contribution in [2.75, 3.05) is 6.61 Å². The van der Waals surface area contributed by atoms with Gasteiger partial charge in [0.25, 0.3) is 0 Å². The summed E-state index contributed by atoms with van der Waals surface area (Å²) in [5.41, 5.74) is 0.320. The van der Waals surface area contributed by atoms with E-state index in [0.717, 1.165) is 36.6 Å². The van der Waals surface area contributed by atoms with Gasteiger partial charge in [0, 0.05) is 30.9 Å². The van der Waals surface area contributed by atoms with Crippen LogP contribution < -0.4 is 0 Å². The lowest BCUT2D eigenvalue weighted by Crippen LogP contribution is -1.94. The Labute approximate surface area is 105 Å². The molecule has 2 N–H and O–H groups in total. The van der Waals surface area contributed by atoms with E-state index in [1.54, 1.807) is 12.1 Å². The number of benzene rings is 1. The number of carboxylic acids is 1. The molecule has 0 unspecified atom stereocenters. The van der Waals surface area contributed by atoms with Crippen LogP contribution in [0, 0.1) is 0 Å². The van der Waals surface area contributed by atoms with Crippen molar-refractivity contribution < 1.29 is 15.0 Å². The Balaban J connectivity index is 2.09. The molecule has 0 aliphatic heterocycles. The SMILES string of the molecule is O=C(O)c1ccc2cn(CCCCCO)cc2c1. The van der Waals surface area contributed by atoms with Crippen LogP contribution in [-0.4, -0.2) is 27.4 Å². The van der Waals surface area contributed by atoms with E-state index in [1.807, 2.05) is 18.5 Å². The fourth-order valence-electron chi connectivity index (χ4n) is 2.04. The minimum Gasteiger partial charge on any atom is -0.478 e. The maximum Gasteiger partial charge on any atom is 0.335 e. The van der Waals surface area contributed by atoms with E-state index in [4.69, 9.17) is 10.2 Å². The highest BCUT2D eigenvalue weighted by molar-refractivity contribution is 5.94. The molecule has 4 nitrogen and oxygen atoms in total. The number of aliphatic hydroxyl groups excluding tert-OH is 1. The number of carbonyl (C=O) groups is 1. The zero-order valence-electron chi connectivity index (χ0n) is 10.2. The third kappa shape index (κ3) is 2.90. The first-order valence-corrected chi connectivity index (χ1v) is 6.14. The summed E-state index contributed by atoms with van der Waals surface area (Å²) in [5, 5.41) is 19.6. The molecule has 0 radical (unpaired) electrons. The van der Waals surface area contributed by atoms with Crippen molar-refractivity contribution in [2.45, 2.75) is 25.8 Å². The van der Waals surface area contributed by atoms with Crippen LogP contribution in [0.1, 0.15) is 29.6 Å². The molecule has 96 valence electrons. The summed E-state index contributed by atoms with van der Waals surface area (Å²) in [4.78, 5) is 10.9. The molecule has 2 aromatic rings. The first kappa shape index (κ1) is 12.6. The molecule has 0 aliphatic rings. The highest BCUT2D eigenvalue weighted by Crippen LogP contribution is 2.18. The van der Waals surface area contributed by atoms with Crippen LogP contribution in [0.15, 0.2) is 30.6 Å². The van der Waals surface area contributed by atoms with Gasteiger partial charge in [0.2, 0.25) is 0 Å². The van der Waals surface area contributed by atoms with Crippen LogP contribution in [0.5, 0.6) is 0 Å². The molecule has 0 amide bonds. The van der Waals surface area contributed by atoms with Gasteiger partial charge in [0.05, 0.1) is 5.56 Å². The molecule has 0 saturated heterocycles. The van der Waals surface area contributed by atoms with Gasteiger partial charge in [0.15, 0.2) is 0 Å². The van der Waals surface area contributed by atoms with Gasteiger partial charge >= 0.3 is 5.97 Å². The van der Waals surface area contributed by atoms with E-state index >= 15 is 0 Å². The van der Waals surface area contributed by atoms with Crippen molar-refractivity contribution >= 4 is 16.7 Å². The largest absolute Gasteiger partial charge is 0.478 e. The molecule has 1 heterocycles. The van der Waals surface area contributed by atoms with Crippen molar-refractivity contribution in [3.63, 3.8) is 0 Å². The molecule has 1 aromatic carbocycles. The fraction of sp³-hybridized carbons (Fsp3) is 0.357. The van der Waals surface area contributed by atoms with Gasteiger partial charge in [-0.3, -0.25) is 0 Å². The highest BCUT2D eigenvalue weighted by atomic mass is 16.4. The molecule has 18 heavy (non-hydrogen) atoms. The monoisotopic (exact) mass is 247 g/mol. The van der Waals surface area contributed by atoms with Crippen LogP contribution in [0.25, 0.3) is 10.8 Å². The van der Waals surface area contributed by atoms with Crippen molar-refractivity contribution in [3.8, 4) is 0 Å². The lowest BCUT2D eigenvalue weighted by molar-refractivity contribution is 0.0697. The third-order valence-electron chi connectivity index (χ3n) is 3.02. The Bertz CT molecular complexity index is 545. The molecular weight excluding hydrogens is 230 g/mol. The van der Waals surface area contributed by atoms with Crippen LogP contribution in [0.4, 0.5) is 0 Å².